The highest BCUT2D eigenvalue weighted by Gasteiger charge is 2.59. The Morgan fingerprint density at radius 2 is 2.03 bits per heavy atom. The summed E-state index contributed by atoms with van der Waals surface area (Å²) in [4.78, 5) is 17.9. The first-order valence-corrected chi connectivity index (χ1v) is 10.8. The third kappa shape index (κ3) is 5.21. The van der Waals surface area contributed by atoms with Crippen molar-refractivity contribution in [1.29, 1.82) is 0 Å². The van der Waals surface area contributed by atoms with Gasteiger partial charge in [-0.25, -0.2) is 0 Å². The van der Waals surface area contributed by atoms with Crippen molar-refractivity contribution >= 4 is 23.2 Å². The summed E-state index contributed by atoms with van der Waals surface area (Å²) < 4.78 is 42.9. The van der Waals surface area contributed by atoms with Crippen molar-refractivity contribution in [3.8, 4) is 17.0 Å². The standard InChI is InChI=1S/C22H22ClF3N4O3/c1-32-30-17-4-2-3-9-21(17)11-18(21)27-19(31)16-10-15(13-5-7-14(23)8-6-13)20(29-28-16)33-12-22(24,25)26/h5-8,10,18H,2-4,9,11-12H2,1H3,(H,27,31)/b30-17+/t18?,21-/m0/s1. The molecule has 2 saturated carbocycles. The number of nitrogens with zero attached hydrogens (tertiary/aromatic N) is 3. The summed E-state index contributed by atoms with van der Waals surface area (Å²) >= 11 is 5.92. The number of carbonyl (C=O) groups excluding carboxylic acids is 1. The van der Waals surface area contributed by atoms with Crippen LogP contribution in [0.25, 0.3) is 11.1 Å². The maximum Gasteiger partial charge on any atom is 0.422 e. The number of oxime groups is 1. The second-order valence-corrected chi connectivity index (χ2v) is 8.61. The van der Waals surface area contributed by atoms with Crippen molar-refractivity contribution in [3.05, 3.63) is 41.0 Å². The van der Waals surface area contributed by atoms with E-state index in [1.807, 2.05) is 0 Å². The van der Waals surface area contributed by atoms with Gasteiger partial charge in [0.05, 0.1) is 5.71 Å². The van der Waals surface area contributed by atoms with Crippen LogP contribution in [-0.2, 0) is 4.84 Å². The smallest absolute Gasteiger partial charge is 0.422 e. The average molecular weight is 483 g/mol. The molecule has 2 aliphatic rings. The summed E-state index contributed by atoms with van der Waals surface area (Å²) in [6.07, 6.45) is 0.0146. The molecule has 0 bridgehead atoms. The van der Waals surface area contributed by atoms with Gasteiger partial charge in [-0.1, -0.05) is 35.3 Å². The van der Waals surface area contributed by atoms with E-state index in [-0.39, 0.29) is 28.6 Å². The molecule has 1 unspecified atom stereocenters. The van der Waals surface area contributed by atoms with E-state index in [0.717, 1.165) is 37.8 Å². The first-order chi connectivity index (χ1) is 15.7. The number of aromatic nitrogens is 2. The number of rotatable bonds is 6. The molecular formula is C22H22ClF3N4O3. The molecule has 0 saturated heterocycles. The Kier molecular flexibility index (Phi) is 6.47. The Morgan fingerprint density at radius 1 is 1.27 bits per heavy atom. The van der Waals surface area contributed by atoms with E-state index in [1.54, 1.807) is 24.3 Å². The lowest BCUT2D eigenvalue weighted by atomic mass is 9.83. The van der Waals surface area contributed by atoms with E-state index in [0.29, 0.717) is 10.6 Å². The van der Waals surface area contributed by atoms with Gasteiger partial charge in [-0.3, -0.25) is 4.79 Å². The van der Waals surface area contributed by atoms with Gasteiger partial charge in [0.15, 0.2) is 12.3 Å². The van der Waals surface area contributed by atoms with Crippen molar-refractivity contribution < 1.29 is 27.5 Å². The number of nitrogens with one attached hydrogen (secondary N) is 1. The number of benzene rings is 1. The van der Waals surface area contributed by atoms with E-state index in [4.69, 9.17) is 21.2 Å². The molecule has 1 heterocycles. The Morgan fingerprint density at radius 3 is 2.73 bits per heavy atom. The molecule has 1 amide bonds. The van der Waals surface area contributed by atoms with Crippen molar-refractivity contribution in [1.82, 2.24) is 15.5 Å². The third-order valence-corrected chi connectivity index (χ3v) is 6.22. The molecular weight excluding hydrogens is 461 g/mol. The minimum atomic E-state index is -4.54. The lowest BCUT2D eigenvalue weighted by molar-refractivity contribution is -0.154. The predicted molar refractivity (Wildman–Crippen MR) is 115 cm³/mol. The number of ether oxygens (including phenoxy) is 1. The normalized spacial score (nSPS) is 23.4. The summed E-state index contributed by atoms with van der Waals surface area (Å²) in [5.74, 6) is -0.791. The quantitative estimate of drug-likeness (QED) is 0.597. The average Bonchev–Trinajstić information content (AvgIpc) is 3.46. The second kappa shape index (κ2) is 9.17. The van der Waals surface area contributed by atoms with Crippen molar-refractivity contribution in [2.24, 2.45) is 10.6 Å². The van der Waals surface area contributed by atoms with E-state index in [2.05, 4.69) is 20.7 Å². The summed E-state index contributed by atoms with van der Waals surface area (Å²) in [5, 5.41) is 15.2. The minimum Gasteiger partial charge on any atom is -0.467 e. The number of hydrogen-bond donors (Lipinski definition) is 1. The van der Waals surface area contributed by atoms with Crippen molar-refractivity contribution in [3.63, 3.8) is 0 Å². The highest BCUT2D eigenvalue weighted by atomic mass is 35.5. The highest BCUT2D eigenvalue weighted by Crippen LogP contribution is 2.54. The predicted octanol–water partition coefficient (Wildman–Crippen LogP) is 4.80. The van der Waals surface area contributed by atoms with Crippen LogP contribution in [0.5, 0.6) is 5.88 Å². The van der Waals surface area contributed by atoms with E-state index in [9.17, 15) is 18.0 Å². The van der Waals surface area contributed by atoms with Gasteiger partial charge in [0, 0.05) is 22.0 Å². The highest BCUT2D eigenvalue weighted by molar-refractivity contribution is 6.30. The van der Waals surface area contributed by atoms with Crippen LogP contribution < -0.4 is 10.1 Å². The molecule has 1 aromatic heterocycles. The van der Waals surface area contributed by atoms with Crippen LogP contribution in [0.2, 0.25) is 5.02 Å². The summed E-state index contributed by atoms with van der Waals surface area (Å²) in [5.41, 5.74) is 1.42. The number of amides is 1. The maximum atomic E-state index is 12.9. The first-order valence-electron chi connectivity index (χ1n) is 10.5. The topological polar surface area (TPSA) is 85.7 Å². The largest absolute Gasteiger partial charge is 0.467 e. The molecule has 0 radical (unpaired) electrons. The lowest BCUT2D eigenvalue weighted by Crippen LogP contribution is -2.35. The summed E-state index contributed by atoms with van der Waals surface area (Å²) in [6.45, 7) is -1.53. The maximum absolute atomic E-state index is 12.9. The van der Waals surface area contributed by atoms with Crippen LogP contribution >= 0.6 is 11.6 Å². The van der Waals surface area contributed by atoms with Gasteiger partial charge in [0.1, 0.15) is 7.11 Å². The van der Waals surface area contributed by atoms with Crippen LogP contribution in [0.3, 0.4) is 0 Å². The van der Waals surface area contributed by atoms with Crippen LogP contribution in [-0.4, -0.2) is 47.8 Å². The molecule has 1 N–H and O–H groups in total. The second-order valence-electron chi connectivity index (χ2n) is 8.17. The zero-order valence-electron chi connectivity index (χ0n) is 17.8. The first kappa shape index (κ1) is 23.3. The Balaban J connectivity index is 1.56. The Hall–Kier alpha value is -2.88. The van der Waals surface area contributed by atoms with Gasteiger partial charge in [0.2, 0.25) is 5.88 Å². The fraction of sp³-hybridized carbons (Fsp3) is 0.455. The fourth-order valence-corrected chi connectivity index (χ4v) is 4.41. The van der Waals surface area contributed by atoms with E-state index >= 15 is 0 Å². The third-order valence-electron chi connectivity index (χ3n) is 5.96. The van der Waals surface area contributed by atoms with Crippen LogP contribution in [0, 0.1) is 5.41 Å². The molecule has 33 heavy (non-hydrogen) atoms. The van der Waals surface area contributed by atoms with Crippen LogP contribution in [0.15, 0.2) is 35.5 Å². The van der Waals surface area contributed by atoms with Gasteiger partial charge in [-0.05, 0) is 49.4 Å². The molecule has 2 fully saturated rings. The van der Waals surface area contributed by atoms with Gasteiger partial charge >= 0.3 is 6.18 Å². The summed E-state index contributed by atoms with van der Waals surface area (Å²) in [7, 11) is 1.50. The minimum absolute atomic E-state index is 0.0256. The van der Waals surface area contributed by atoms with Gasteiger partial charge in [0.25, 0.3) is 5.91 Å². The van der Waals surface area contributed by atoms with Crippen LogP contribution in [0.1, 0.15) is 42.6 Å². The molecule has 1 aromatic carbocycles. The molecule has 2 aliphatic carbocycles. The zero-order chi connectivity index (χ0) is 23.6. The van der Waals surface area contributed by atoms with Gasteiger partial charge in [-0.15, -0.1) is 10.2 Å². The molecule has 0 aliphatic heterocycles. The lowest BCUT2D eigenvalue weighted by Gasteiger charge is -2.24. The van der Waals surface area contributed by atoms with E-state index in [1.165, 1.54) is 13.2 Å². The molecule has 4 rings (SSSR count). The van der Waals surface area contributed by atoms with Crippen molar-refractivity contribution in [2.75, 3.05) is 13.7 Å². The van der Waals surface area contributed by atoms with E-state index < -0.39 is 18.7 Å². The monoisotopic (exact) mass is 482 g/mol. The molecule has 2 atom stereocenters. The summed E-state index contributed by atoms with van der Waals surface area (Å²) in [6, 6.07) is 7.63. The van der Waals surface area contributed by atoms with Crippen LogP contribution in [0.4, 0.5) is 13.2 Å². The molecule has 176 valence electrons. The Bertz CT molecular complexity index is 1060. The van der Waals surface area contributed by atoms with Gasteiger partial charge < -0.3 is 14.9 Å². The SMILES string of the molecule is CO/N=C1\CCCC[C@]12CC2NC(=O)c1cc(-c2ccc(Cl)cc2)c(OCC(F)(F)F)nn1. The molecule has 2 aromatic rings. The fourth-order valence-electron chi connectivity index (χ4n) is 4.28. The number of hydrogen-bond acceptors (Lipinski definition) is 6. The number of carbonyl (C=O) groups is 1. The zero-order valence-corrected chi connectivity index (χ0v) is 18.5. The number of alkyl halides is 3. The van der Waals surface area contributed by atoms with Gasteiger partial charge in [-0.2, -0.15) is 13.2 Å². The molecule has 1 spiro atoms. The Labute approximate surface area is 193 Å². The molecule has 7 nitrogen and oxygen atoms in total. The van der Waals surface area contributed by atoms with Crippen molar-refractivity contribution in [2.45, 2.75) is 44.3 Å². The molecule has 11 heteroatoms. The number of halogens is 4.